The molecule has 0 heteroatoms. The van der Waals surface area contributed by atoms with Crippen molar-refractivity contribution in [2.45, 2.75) is 20.8 Å². The molecule has 0 rings (SSSR count). The van der Waals surface area contributed by atoms with Crippen LogP contribution >= 0.6 is 0 Å². The van der Waals surface area contributed by atoms with Crippen molar-refractivity contribution < 1.29 is 0 Å². The first-order chi connectivity index (χ1) is 2.64. The van der Waals surface area contributed by atoms with Gasteiger partial charge in [-0.3, -0.25) is 0 Å². The molecule has 0 N–H and O–H groups in total. The van der Waals surface area contributed by atoms with Gasteiger partial charge in [-0.25, -0.2) is 0 Å². The molecule has 0 spiro atoms. The maximum atomic E-state index is 3.84. The Balaban J connectivity index is 2.99. The minimum absolute atomic E-state index is 0.602. The molecule has 0 aliphatic heterocycles. The summed E-state index contributed by atoms with van der Waals surface area (Å²) in [7, 11) is 0. The largest absolute Gasteiger partial charge is 0.340 e. The molecule has 6 heavy (non-hydrogen) atoms. The molecule has 38 valence electrons. The van der Waals surface area contributed by atoms with Gasteiger partial charge in [-0.05, 0) is 0 Å². The minimum Gasteiger partial charge on any atom is -0.340 e. The Morgan fingerprint density at radius 2 is 1.33 bits per heavy atom. The summed E-state index contributed by atoms with van der Waals surface area (Å²) in [6.45, 7) is 10.3. The molecule has 0 aliphatic carbocycles. The van der Waals surface area contributed by atoms with Crippen molar-refractivity contribution in [1.29, 1.82) is 0 Å². The van der Waals surface area contributed by atoms with Crippen LogP contribution in [0.4, 0.5) is 0 Å². The molecule has 0 radical (unpaired) electrons. The number of rotatable bonds is 1. The van der Waals surface area contributed by atoms with Crippen LogP contribution in [-0.4, -0.2) is 0 Å². The summed E-state index contributed by atoms with van der Waals surface area (Å²) in [5.74, 6) is 1.34. The van der Waals surface area contributed by atoms with Crippen LogP contribution in [0.3, 0.4) is 0 Å². The van der Waals surface area contributed by atoms with Gasteiger partial charge >= 0.3 is 0 Å². The Bertz CT molecular complexity index is 21.0. The summed E-state index contributed by atoms with van der Waals surface area (Å²) in [5, 5.41) is 0. The first kappa shape index (κ1) is 6.00. The maximum absolute atomic E-state index is 3.84. The highest BCUT2D eigenvalue weighted by Crippen LogP contribution is 2.05. The molecule has 0 aliphatic rings. The zero-order chi connectivity index (χ0) is 5.15. The van der Waals surface area contributed by atoms with E-state index in [2.05, 4.69) is 27.7 Å². The molecule has 0 saturated heterocycles. The number of hydrogen-bond acceptors (Lipinski definition) is 0. The van der Waals surface area contributed by atoms with Gasteiger partial charge < -0.3 is 6.92 Å². The van der Waals surface area contributed by atoms with E-state index < -0.39 is 0 Å². The van der Waals surface area contributed by atoms with Crippen molar-refractivity contribution >= 4 is 0 Å². The molecule has 0 fully saturated rings. The van der Waals surface area contributed by atoms with Crippen LogP contribution < -0.4 is 0 Å². The monoisotopic (exact) mass is 85.1 g/mol. The molecule has 0 aromatic rings. The molecule has 0 aromatic carbocycles. The minimum atomic E-state index is 0.602. The fourth-order valence-corrected chi connectivity index (χ4v) is 0. The lowest BCUT2D eigenvalue weighted by Crippen LogP contribution is -1.96. The highest BCUT2D eigenvalue weighted by molar-refractivity contribution is 4.56. The van der Waals surface area contributed by atoms with Gasteiger partial charge in [0, 0.05) is 0 Å². The summed E-state index contributed by atoms with van der Waals surface area (Å²) in [5.41, 5.74) is 0. The van der Waals surface area contributed by atoms with Crippen molar-refractivity contribution in [3.8, 4) is 0 Å². The SMILES string of the molecule is [CH2-]C(C)C(C)C. The Labute approximate surface area is 40.6 Å². The zero-order valence-corrected chi connectivity index (χ0v) is 4.86. The van der Waals surface area contributed by atoms with Gasteiger partial charge in [-0.2, -0.15) is 5.92 Å². The van der Waals surface area contributed by atoms with Gasteiger partial charge in [-0.15, -0.1) is 0 Å². The van der Waals surface area contributed by atoms with E-state index in [1.54, 1.807) is 0 Å². The van der Waals surface area contributed by atoms with Gasteiger partial charge in [0.25, 0.3) is 0 Å². The van der Waals surface area contributed by atoms with Crippen LogP contribution in [0.5, 0.6) is 0 Å². The predicted molar refractivity (Wildman–Crippen MR) is 29.4 cm³/mol. The van der Waals surface area contributed by atoms with Crippen LogP contribution in [0, 0.1) is 18.8 Å². The van der Waals surface area contributed by atoms with E-state index in [0.717, 1.165) is 5.92 Å². The van der Waals surface area contributed by atoms with Crippen LogP contribution in [0.15, 0.2) is 0 Å². The third-order valence-corrected chi connectivity index (χ3v) is 1.14. The van der Waals surface area contributed by atoms with Gasteiger partial charge in [0.1, 0.15) is 0 Å². The fourth-order valence-electron chi connectivity index (χ4n) is 0. The Kier molecular flexibility index (Phi) is 2.22. The highest BCUT2D eigenvalue weighted by Gasteiger charge is 1.88. The van der Waals surface area contributed by atoms with Crippen LogP contribution in [0.2, 0.25) is 0 Å². The Hall–Kier alpha value is 0. The van der Waals surface area contributed by atoms with E-state index in [1.165, 1.54) is 0 Å². The Morgan fingerprint density at radius 1 is 1.17 bits per heavy atom. The standard InChI is InChI=1S/C6H13/c1-5(2)6(3)4/h5-6H,1H2,2-4H3/q-1. The van der Waals surface area contributed by atoms with Crippen molar-refractivity contribution in [3.05, 3.63) is 6.92 Å². The third-order valence-electron chi connectivity index (χ3n) is 1.14. The first-order valence-electron chi connectivity index (χ1n) is 2.47. The van der Waals surface area contributed by atoms with Crippen LogP contribution in [0.25, 0.3) is 0 Å². The lowest BCUT2D eigenvalue weighted by molar-refractivity contribution is 0.501. The summed E-state index contributed by atoms with van der Waals surface area (Å²) in [6.07, 6.45) is 0. The quantitative estimate of drug-likeness (QED) is 0.428. The van der Waals surface area contributed by atoms with Crippen molar-refractivity contribution in [1.82, 2.24) is 0 Å². The molecule has 0 nitrogen and oxygen atoms in total. The summed E-state index contributed by atoms with van der Waals surface area (Å²) >= 11 is 0. The second kappa shape index (κ2) is 2.22. The lowest BCUT2D eigenvalue weighted by Gasteiger charge is -2.13. The van der Waals surface area contributed by atoms with E-state index in [0.29, 0.717) is 5.92 Å². The highest BCUT2D eigenvalue weighted by atomic mass is 14.0. The second-order valence-corrected chi connectivity index (χ2v) is 2.22. The molecule has 0 heterocycles. The molecule has 0 aromatic heterocycles. The average Bonchev–Trinajstić information content (AvgIpc) is 1.36. The molecule has 0 saturated carbocycles. The lowest BCUT2D eigenvalue weighted by atomic mass is 10.0. The fraction of sp³-hybridized carbons (Fsp3) is 0.833. The topological polar surface area (TPSA) is 0 Å². The van der Waals surface area contributed by atoms with E-state index in [4.69, 9.17) is 0 Å². The van der Waals surface area contributed by atoms with Crippen LogP contribution in [-0.2, 0) is 0 Å². The second-order valence-electron chi connectivity index (χ2n) is 2.22. The molecular formula is C6H13-. The van der Waals surface area contributed by atoms with E-state index in [-0.39, 0.29) is 0 Å². The number of hydrogen-bond donors (Lipinski definition) is 0. The van der Waals surface area contributed by atoms with Crippen molar-refractivity contribution in [2.24, 2.45) is 11.8 Å². The average molecular weight is 85.2 g/mol. The zero-order valence-electron chi connectivity index (χ0n) is 4.86. The van der Waals surface area contributed by atoms with Gasteiger partial charge in [0.05, 0.1) is 0 Å². The molecule has 0 amide bonds. The smallest absolute Gasteiger partial charge is 0.0650 e. The van der Waals surface area contributed by atoms with Crippen LogP contribution in [0.1, 0.15) is 20.8 Å². The molecule has 1 atom stereocenters. The summed E-state index contributed by atoms with van der Waals surface area (Å²) in [6, 6.07) is 0. The molecule has 0 bridgehead atoms. The maximum Gasteiger partial charge on any atom is -0.0650 e. The normalized spacial score (nSPS) is 15.5. The first-order valence-corrected chi connectivity index (χ1v) is 2.47. The van der Waals surface area contributed by atoms with E-state index in [1.807, 2.05) is 0 Å². The van der Waals surface area contributed by atoms with Gasteiger partial charge in [0.15, 0.2) is 0 Å². The van der Waals surface area contributed by atoms with Crippen molar-refractivity contribution in [2.75, 3.05) is 0 Å². The van der Waals surface area contributed by atoms with E-state index in [9.17, 15) is 0 Å². The molecule has 1 unspecified atom stereocenters. The van der Waals surface area contributed by atoms with Gasteiger partial charge in [-0.1, -0.05) is 26.7 Å². The summed E-state index contributed by atoms with van der Waals surface area (Å²) in [4.78, 5) is 0. The Morgan fingerprint density at radius 3 is 1.33 bits per heavy atom. The predicted octanol–water partition coefficient (Wildman–Crippen LogP) is 2.11. The molecular weight excluding hydrogens is 72.1 g/mol. The van der Waals surface area contributed by atoms with Gasteiger partial charge in [0.2, 0.25) is 0 Å². The van der Waals surface area contributed by atoms with Crippen molar-refractivity contribution in [3.63, 3.8) is 0 Å². The van der Waals surface area contributed by atoms with E-state index >= 15 is 0 Å². The third kappa shape index (κ3) is 2.25. The summed E-state index contributed by atoms with van der Waals surface area (Å²) < 4.78 is 0.